The molecule has 1 aromatic heterocycles. The van der Waals surface area contributed by atoms with Crippen LogP contribution in [0.25, 0.3) is 0 Å². The molecule has 0 saturated carbocycles. The summed E-state index contributed by atoms with van der Waals surface area (Å²) in [6.07, 6.45) is 2.26. The molecule has 128 valence electrons. The molecule has 24 heavy (non-hydrogen) atoms. The van der Waals surface area contributed by atoms with Crippen LogP contribution in [-0.4, -0.2) is 36.9 Å². The summed E-state index contributed by atoms with van der Waals surface area (Å²) in [6.45, 7) is 2.25. The van der Waals surface area contributed by atoms with Crippen LogP contribution < -0.4 is 10.1 Å². The highest BCUT2D eigenvalue weighted by Gasteiger charge is 2.15. The quantitative estimate of drug-likeness (QED) is 0.803. The minimum atomic E-state index is -0.190. The SMILES string of the molecule is COc1ccc(CCNC(=O)CN(Cc2ccco2)C(C)=O)cc1. The lowest BCUT2D eigenvalue weighted by Crippen LogP contribution is -2.39. The van der Waals surface area contributed by atoms with Crippen molar-refractivity contribution in [3.05, 3.63) is 54.0 Å². The fraction of sp³-hybridized carbons (Fsp3) is 0.333. The van der Waals surface area contributed by atoms with Gasteiger partial charge in [-0.05, 0) is 36.2 Å². The zero-order valence-electron chi connectivity index (χ0n) is 14.0. The number of benzene rings is 1. The van der Waals surface area contributed by atoms with Gasteiger partial charge in [-0.2, -0.15) is 0 Å². The molecule has 1 N–H and O–H groups in total. The molecule has 2 rings (SSSR count). The van der Waals surface area contributed by atoms with Gasteiger partial charge in [-0.1, -0.05) is 12.1 Å². The summed E-state index contributed by atoms with van der Waals surface area (Å²) in [5.41, 5.74) is 1.11. The first-order chi connectivity index (χ1) is 11.6. The summed E-state index contributed by atoms with van der Waals surface area (Å²) in [5.74, 6) is 1.09. The van der Waals surface area contributed by atoms with Crippen molar-refractivity contribution in [1.82, 2.24) is 10.2 Å². The van der Waals surface area contributed by atoms with Crippen LogP contribution in [0.15, 0.2) is 47.1 Å². The van der Waals surface area contributed by atoms with Gasteiger partial charge in [0.15, 0.2) is 0 Å². The number of hydrogen-bond donors (Lipinski definition) is 1. The number of methoxy groups -OCH3 is 1. The van der Waals surface area contributed by atoms with Crippen LogP contribution >= 0.6 is 0 Å². The van der Waals surface area contributed by atoms with E-state index < -0.39 is 0 Å². The Labute approximate surface area is 141 Å². The van der Waals surface area contributed by atoms with E-state index in [0.29, 0.717) is 18.7 Å². The van der Waals surface area contributed by atoms with Gasteiger partial charge in [0, 0.05) is 13.5 Å². The van der Waals surface area contributed by atoms with E-state index in [-0.39, 0.29) is 24.9 Å². The number of ether oxygens (including phenoxy) is 1. The van der Waals surface area contributed by atoms with Crippen molar-refractivity contribution in [1.29, 1.82) is 0 Å². The zero-order chi connectivity index (χ0) is 17.4. The van der Waals surface area contributed by atoms with Gasteiger partial charge in [-0.3, -0.25) is 9.59 Å². The second-order valence-corrected chi connectivity index (χ2v) is 5.40. The number of rotatable bonds is 8. The average molecular weight is 330 g/mol. The van der Waals surface area contributed by atoms with Gasteiger partial charge in [0.1, 0.15) is 11.5 Å². The molecular weight excluding hydrogens is 308 g/mol. The van der Waals surface area contributed by atoms with Crippen molar-refractivity contribution in [2.45, 2.75) is 19.9 Å². The Hall–Kier alpha value is -2.76. The van der Waals surface area contributed by atoms with Crippen LogP contribution in [0.3, 0.4) is 0 Å². The first-order valence-corrected chi connectivity index (χ1v) is 7.76. The number of amides is 2. The largest absolute Gasteiger partial charge is 0.497 e. The Bertz CT molecular complexity index is 650. The van der Waals surface area contributed by atoms with E-state index in [1.165, 1.54) is 11.8 Å². The molecule has 0 aliphatic rings. The van der Waals surface area contributed by atoms with Crippen LogP contribution in [0.4, 0.5) is 0 Å². The second-order valence-electron chi connectivity index (χ2n) is 5.40. The van der Waals surface area contributed by atoms with Crippen molar-refractivity contribution in [3.8, 4) is 5.75 Å². The molecule has 0 unspecified atom stereocenters. The van der Waals surface area contributed by atoms with Gasteiger partial charge in [-0.25, -0.2) is 0 Å². The predicted molar refractivity (Wildman–Crippen MR) is 89.5 cm³/mol. The summed E-state index contributed by atoms with van der Waals surface area (Å²) < 4.78 is 10.3. The summed E-state index contributed by atoms with van der Waals surface area (Å²) in [7, 11) is 1.62. The number of nitrogens with one attached hydrogen (secondary N) is 1. The average Bonchev–Trinajstić information content (AvgIpc) is 3.08. The molecule has 2 amide bonds. The van der Waals surface area contributed by atoms with Crippen molar-refractivity contribution >= 4 is 11.8 Å². The predicted octanol–water partition coefficient (Wildman–Crippen LogP) is 2.00. The van der Waals surface area contributed by atoms with Crippen LogP contribution in [-0.2, 0) is 22.6 Å². The van der Waals surface area contributed by atoms with Gasteiger partial charge in [-0.15, -0.1) is 0 Å². The summed E-state index contributed by atoms with van der Waals surface area (Å²) in [6, 6.07) is 11.2. The molecule has 0 radical (unpaired) electrons. The van der Waals surface area contributed by atoms with E-state index in [1.54, 1.807) is 25.5 Å². The maximum absolute atomic E-state index is 12.0. The lowest BCUT2D eigenvalue weighted by Gasteiger charge is -2.19. The molecule has 0 aliphatic carbocycles. The molecule has 0 aliphatic heterocycles. The lowest BCUT2D eigenvalue weighted by molar-refractivity contribution is -0.135. The van der Waals surface area contributed by atoms with E-state index >= 15 is 0 Å². The fourth-order valence-corrected chi connectivity index (χ4v) is 2.24. The molecule has 0 bridgehead atoms. The Morgan fingerprint density at radius 3 is 2.54 bits per heavy atom. The number of hydrogen-bond acceptors (Lipinski definition) is 4. The van der Waals surface area contributed by atoms with E-state index in [1.807, 2.05) is 24.3 Å². The molecule has 0 spiro atoms. The van der Waals surface area contributed by atoms with Crippen molar-refractivity contribution in [2.75, 3.05) is 20.2 Å². The minimum Gasteiger partial charge on any atom is -0.497 e. The summed E-state index contributed by atoms with van der Waals surface area (Å²) in [4.78, 5) is 25.1. The van der Waals surface area contributed by atoms with Crippen molar-refractivity contribution in [3.63, 3.8) is 0 Å². The molecule has 6 heteroatoms. The third-order valence-corrected chi connectivity index (χ3v) is 3.60. The number of furan rings is 1. The van der Waals surface area contributed by atoms with Gasteiger partial charge in [0.05, 0.1) is 26.5 Å². The maximum atomic E-state index is 12.0. The van der Waals surface area contributed by atoms with Crippen LogP contribution in [0.1, 0.15) is 18.2 Å². The first kappa shape index (κ1) is 17.6. The Morgan fingerprint density at radius 1 is 1.21 bits per heavy atom. The molecule has 0 saturated heterocycles. The molecule has 1 heterocycles. The number of carbonyl (C=O) groups excluding carboxylic acids is 2. The normalized spacial score (nSPS) is 10.2. The Morgan fingerprint density at radius 2 is 1.96 bits per heavy atom. The van der Waals surface area contributed by atoms with Crippen LogP contribution in [0.5, 0.6) is 5.75 Å². The Kier molecular flexibility index (Phi) is 6.42. The number of carbonyl (C=O) groups is 2. The van der Waals surface area contributed by atoms with Crippen LogP contribution in [0, 0.1) is 0 Å². The smallest absolute Gasteiger partial charge is 0.239 e. The minimum absolute atomic E-state index is 0.0125. The highest BCUT2D eigenvalue weighted by atomic mass is 16.5. The molecular formula is C18H22N2O4. The fourth-order valence-electron chi connectivity index (χ4n) is 2.24. The van der Waals surface area contributed by atoms with Gasteiger partial charge >= 0.3 is 0 Å². The molecule has 6 nitrogen and oxygen atoms in total. The maximum Gasteiger partial charge on any atom is 0.239 e. The molecule has 2 aromatic rings. The third kappa shape index (κ3) is 5.46. The molecule has 0 atom stereocenters. The summed E-state index contributed by atoms with van der Waals surface area (Å²) in [5, 5.41) is 2.83. The highest BCUT2D eigenvalue weighted by molar-refractivity contribution is 5.83. The second kappa shape index (κ2) is 8.76. The first-order valence-electron chi connectivity index (χ1n) is 7.76. The summed E-state index contributed by atoms with van der Waals surface area (Å²) >= 11 is 0. The molecule has 1 aromatic carbocycles. The topological polar surface area (TPSA) is 71.8 Å². The van der Waals surface area contributed by atoms with E-state index in [0.717, 1.165) is 11.3 Å². The van der Waals surface area contributed by atoms with Gasteiger partial charge in [0.2, 0.25) is 11.8 Å². The number of nitrogens with zero attached hydrogens (tertiary/aromatic N) is 1. The highest BCUT2D eigenvalue weighted by Crippen LogP contribution is 2.11. The van der Waals surface area contributed by atoms with Crippen molar-refractivity contribution < 1.29 is 18.7 Å². The zero-order valence-corrected chi connectivity index (χ0v) is 14.0. The monoisotopic (exact) mass is 330 g/mol. The standard InChI is InChI=1S/C18H22N2O4/c1-14(21)20(12-17-4-3-11-24-17)13-18(22)19-10-9-15-5-7-16(23-2)8-6-15/h3-8,11H,9-10,12-13H2,1-2H3,(H,19,22). The molecule has 0 fully saturated rings. The third-order valence-electron chi connectivity index (χ3n) is 3.60. The lowest BCUT2D eigenvalue weighted by atomic mass is 10.1. The van der Waals surface area contributed by atoms with Gasteiger partial charge < -0.3 is 19.4 Å². The van der Waals surface area contributed by atoms with Gasteiger partial charge in [0.25, 0.3) is 0 Å². The van der Waals surface area contributed by atoms with E-state index in [4.69, 9.17) is 9.15 Å². The Balaban J connectivity index is 1.77. The van der Waals surface area contributed by atoms with E-state index in [9.17, 15) is 9.59 Å². The van der Waals surface area contributed by atoms with Crippen molar-refractivity contribution in [2.24, 2.45) is 0 Å². The van der Waals surface area contributed by atoms with Crippen LogP contribution in [0.2, 0.25) is 0 Å². The van der Waals surface area contributed by atoms with E-state index in [2.05, 4.69) is 5.32 Å².